The number of fused-ring (bicyclic) bond motifs is 3. The molecule has 1 saturated heterocycles. The average Bonchev–Trinajstić information content (AvgIpc) is 3.59. The zero-order valence-corrected chi connectivity index (χ0v) is 31.2. The number of piperazine rings is 1. The third kappa shape index (κ3) is 8.22. The van der Waals surface area contributed by atoms with Gasteiger partial charge in [0.1, 0.15) is 21.7 Å². The first-order valence-corrected chi connectivity index (χ1v) is 18.6. The zero-order valence-electron chi connectivity index (χ0n) is 29.7. The Bertz CT molecular complexity index is 2590. The molecule has 54 heavy (non-hydrogen) atoms. The fraction of sp³-hybridized carbons (Fsp3) is 0.244. The minimum Gasteiger partial charge on any atom is -0.422 e. The lowest BCUT2D eigenvalue weighted by Gasteiger charge is -2.34. The van der Waals surface area contributed by atoms with E-state index >= 15 is 0 Å². The van der Waals surface area contributed by atoms with Crippen molar-refractivity contribution in [3.63, 3.8) is 0 Å². The fourth-order valence-electron chi connectivity index (χ4n) is 6.19. The molecule has 4 aromatic carbocycles. The highest BCUT2D eigenvalue weighted by molar-refractivity contribution is 7.21. The summed E-state index contributed by atoms with van der Waals surface area (Å²) in [7, 11) is 2.08. The minimum atomic E-state index is -4.47. The van der Waals surface area contributed by atoms with Gasteiger partial charge in [0.15, 0.2) is 0 Å². The van der Waals surface area contributed by atoms with Crippen molar-refractivity contribution < 1.29 is 22.0 Å². The highest BCUT2D eigenvalue weighted by Gasteiger charge is 2.30. The molecule has 1 fully saturated rings. The van der Waals surface area contributed by atoms with Crippen LogP contribution in [0.3, 0.4) is 0 Å². The molecule has 0 bridgehead atoms. The van der Waals surface area contributed by atoms with E-state index in [1.807, 2.05) is 54.6 Å². The molecule has 8 rings (SSSR count). The summed E-state index contributed by atoms with van der Waals surface area (Å²) >= 11 is 7.63. The van der Waals surface area contributed by atoms with Crippen LogP contribution in [0.4, 0.5) is 18.9 Å². The van der Waals surface area contributed by atoms with Crippen LogP contribution in [-0.4, -0.2) is 49.2 Å². The standard InChI is InChI=1S/C21H19F3N2O2.C20H17ClN2O2S/c1-25-7-9-26(10-8-25)17-6-5-15-12-18(20(27)28-19(15)13-17)14-3-2-4-16(11-14)21(22,23)24;1-11(2)22-10-12-6-7-13-9-14(20(24)25-16(13)8-12)19-23-18-15(21)4-3-5-17(18)26-19/h2-6,11-13H,7-10H2,1H3;3-9,11,22H,10H2,1-2H3. The van der Waals surface area contributed by atoms with Gasteiger partial charge in [-0.2, -0.15) is 13.2 Å². The molecule has 0 amide bonds. The van der Waals surface area contributed by atoms with Crippen LogP contribution in [-0.2, 0) is 12.7 Å². The van der Waals surface area contributed by atoms with Crippen molar-refractivity contribution >= 4 is 60.8 Å². The maximum absolute atomic E-state index is 13.0. The summed E-state index contributed by atoms with van der Waals surface area (Å²) in [5.41, 5.74) is 2.70. The van der Waals surface area contributed by atoms with Gasteiger partial charge in [0, 0.05) is 61.3 Å². The predicted molar refractivity (Wildman–Crippen MR) is 211 cm³/mol. The molecule has 0 unspecified atom stereocenters. The van der Waals surface area contributed by atoms with Crippen LogP contribution in [0.2, 0.25) is 5.02 Å². The van der Waals surface area contributed by atoms with Crippen LogP contribution in [0.25, 0.3) is 53.9 Å². The van der Waals surface area contributed by atoms with Gasteiger partial charge in [-0.3, -0.25) is 0 Å². The largest absolute Gasteiger partial charge is 0.422 e. The van der Waals surface area contributed by atoms with Crippen molar-refractivity contribution in [3.05, 3.63) is 128 Å². The SMILES string of the molecule is CC(C)NCc1ccc2cc(-c3nc4c(Cl)cccc4s3)c(=O)oc2c1.CN1CCN(c2ccc3cc(-c4cccc(C(F)(F)F)c4)c(=O)oc3c2)CC1. The number of likely N-dealkylation sites (N-methyl/N-ethyl adjacent to an activating group) is 1. The third-order valence-electron chi connectivity index (χ3n) is 9.20. The van der Waals surface area contributed by atoms with Crippen molar-refractivity contribution in [1.82, 2.24) is 15.2 Å². The number of nitrogens with one attached hydrogen (secondary N) is 1. The van der Waals surface area contributed by atoms with Gasteiger partial charge in [-0.1, -0.05) is 55.8 Å². The Labute approximate surface area is 317 Å². The van der Waals surface area contributed by atoms with Gasteiger partial charge in [0.2, 0.25) is 0 Å². The number of halogens is 4. The monoisotopic (exact) mass is 772 g/mol. The van der Waals surface area contributed by atoms with E-state index in [2.05, 4.69) is 41.0 Å². The Morgan fingerprint density at radius 1 is 0.833 bits per heavy atom. The molecule has 1 N–H and O–H groups in total. The number of benzene rings is 4. The van der Waals surface area contributed by atoms with Crippen molar-refractivity contribution in [3.8, 4) is 21.7 Å². The van der Waals surface area contributed by atoms with Crippen molar-refractivity contribution in [1.29, 1.82) is 0 Å². The normalized spacial score (nSPS) is 13.9. The first kappa shape index (κ1) is 37.3. The Morgan fingerprint density at radius 2 is 1.50 bits per heavy atom. The van der Waals surface area contributed by atoms with Gasteiger partial charge in [0.05, 0.1) is 26.4 Å². The first-order chi connectivity index (χ1) is 25.8. The van der Waals surface area contributed by atoms with Crippen LogP contribution < -0.4 is 21.5 Å². The minimum absolute atomic E-state index is 0.117. The number of hydrogen-bond acceptors (Lipinski definition) is 9. The van der Waals surface area contributed by atoms with Crippen LogP contribution in [0.1, 0.15) is 25.0 Å². The number of para-hydroxylation sites is 1. The Morgan fingerprint density at radius 3 is 2.20 bits per heavy atom. The molecular formula is C41H36ClF3N4O4S. The van der Waals surface area contributed by atoms with Gasteiger partial charge in [-0.25, -0.2) is 14.6 Å². The smallest absolute Gasteiger partial charge is 0.416 e. The summed E-state index contributed by atoms with van der Waals surface area (Å²) in [4.78, 5) is 34.0. The number of hydrogen-bond donors (Lipinski definition) is 1. The Balaban J connectivity index is 0.000000167. The van der Waals surface area contributed by atoms with Crippen LogP contribution >= 0.6 is 22.9 Å². The maximum Gasteiger partial charge on any atom is 0.416 e. The van der Waals surface area contributed by atoms with Gasteiger partial charge in [-0.15, -0.1) is 11.3 Å². The van der Waals surface area contributed by atoms with E-state index in [0.29, 0.717) is 43.7 Å². The van der Waals surface area contributed by atoms with E-state index in [-0.39, 0.29) is 16.8 Å². The van der Waals surface area contributed by atoms with Crippen LogP contribution in [0.5, 0.6) is 0 Å². The van der Waals surface area contributed by atoms with E-state index in [0.717, 1.165) is 66.2 Å². The van der Waals surface area contributed by atoms with Crippen LogP contribution in [0.15, 0.2) is 109 Å². The number of nitrogens with zero attached hydrogens (tertiary/aromatic N) is 3. The summed E-state index contributed by atoms with van der Waals surface area (Å²) in [5.74, 6) is 0. The lowest BCUT2D eigenvalue weighted by Crippen LogP contribution is -2.44. The lowest BCUT2D eigenvalue weighted by atomic mass is 10.0. The topological polar surface area (TPSA) is 91.8 Å². The van der Waals surface area contributed by atoms with Crippen molar-refractivity contribution in [2.24, 2.45) is 0 Å². The molecular weight excluding hydrogens is 737 g/mol. The molecule has 0 aliphatic carbocycles. The number of thiazole rings is 1. The molecule has 7 aromatic rings. The number of aromatic nitrogens is 1. The molecule has 278 valence electrons. The van der Waals surface area contributed by atoms with Gasteiger partial charge < -0.3 is 24.0 Å². The quantitative estimate of drug-likeness (QED) is 0.167. The van der Waals surface area contributed by atoms with Crippen molar-refractivity contribution in [2.45, 2.75) is 32.6 Å². The van der Waals surface area contributed by atoms with Gasteiger partial charge in [-0.05, 0) is 72.8 Å². The Kier molecular flexibility index (Phi) is 10.6. The summed E-state index contributed by atoms with van der Waals surface area (Å²) in [5, 5.41) is 6.10. The van der Waals surface area contributed by atoms with Crippen molar-refractivity contribution in [2.75, 3.05) is 38.1 Å². The zero-order chi connectivity index (χ0) is 38.1. The average molecular weight is 773 g/mol. The van der Waals surface area contributed by atoms with E-state index in [9.17, 15) is 22.8 Å². The van der Waals surface area contributed by atoms with Crippen LogP contribution in [0, 0.1) is 0 Å². The second kappa shape index (κ2) is 15.4. The van der Waals surface area contributed by atoms with E-state index in [4.69, 9.17) is 20.4 Å². The lowest BCUT2D eigenvalue weighted by molar-refractivity contribution is -0.137. The second-order valence-electron chi connectivity index (χ2n) is 13.5. The molecule has 0 radical (unpaired) electrons. The molecule has 1 aliphatic heterocycles. The predicted octanol–water partition coefficient (Wildman–Crippen LogP) is 9.45. The number of alkyl halides is 3. The molecule has 13 heteroatoms. The highest BCUT2D eigenvalue weighted by Crippen LogP contribution is 2.34. The Hall–Kier alpha value is -5.01. The first-order valence-electron chi connectivity index (χ1n) is 17.4. The molecule has 0 saturated carbocycles. The summed E-state index contributed by atoms with van der Waals surface area (Å²) in [6.07, 6.45) is -4.47. The molecule has 4 heterocycles. The second-order valence-corrected chi connectivity index (χ2v) is 14.9. The van der Waals surface area contributed by atoms with E-state index in [1.54, 1.807) is 12.1 Å². The molecule has 3 aromatic heterocycles. The van der Waals surface area contributed by atoms with Gasteiger partial charge >= 0.3 is 17.4 Å². The highest BCUT2D eigenvalue weighted by atomic mass is 35.5. The van der Waals surface area contributed by atoms with Gasteiger partial charge in [0.25, 0.3) is 0 Å². The summed E-state index contributed by atoms with van der Waals surface area (Å²) in [6, 6.07) is 25.7. The fourth-order valence-corrected chi connectivity index (χ4v) is 7.46. The summed E-state index contributed by atoms with van der Waals surface area (Å²) < 4.78 is 50.9. The maximum atomic E-state index is 13.0. The molecule has 0 spiro atoms. The molecule has 1 aliphatic rings. The third-order valence-corrected chi connectivity index (χ3v) is 10.6. The summed E-state index contributed by atoms with van der Waals surface area (Å²) in [6.45, 7) is 8.60. The van der Waals surface area contributed by atoms with E-state index in [1.165, 1.54) is 23.5 Å². The molecule has 8 nitrogen and oxygen atoms in total. The van der Waals surface area contributed by atoms with E-state index < -0.39 is 17.4 Å². The molecule has 0 atom stereocenters. The number of rotatable bonds is 6. The number of anilines is 1.